The summed E-state index contributed by atoms with van der Waals surface area (Å²) in [5.41, 5.74) is 3.06. The van der Waals surface area contributed by atoms with E-state index in [1.54, 1.807) is 0 Å². The van der Waals surface area contributed by atoms with Crippen LogP contribution in [0.4, 0.5) is 0 Å². The van der Waals surface area contributed by atoms with Crippen LogP contribution in [0.15, 0.2) is 54.6 Å². The summed E-state index contributed by atoms with van der Waals surface area (Å²) in [7, 11) is 0. The lowest BCUT2D eigenvalue weighted by Crippen LogP contribution is -2.31. The zero-order valence-electron chi connectivity index (χ0n) is 16.9. The molecule has 3 rings (SSSR count). The van der Waals surface area contributed by atoms with Crippen molar-refractivity contribution in [1.29, 1.82) is 0 Å². The third-order valence-corrected chi connectivity index (χ3v) is 4.78. The van der Waals surface area contributed by atoms with Crippen molar-refractivity contribution in [2.24, 2.45) is 0 Å². The molecule has 0 aliphatic rings. The minimum Gasteiger partial charge on any atom is -0.477 e. The van der Waals surface area contributed by atoms with E-state index < -0.39 is 5.97 Å². The Morgan fingerprint density at radius 1 is 1.03 bits per heavy atom. The Morgan fingerprint density at radius 2 is 1.69 bits per heavy atom. The molecule has 0 saturated carbocycles. The van der Waals surface area contributed by atoms with Gasteiger partial charge >= 0.3 is 5.97 Å². The number of nitrogens with one attached hydrogen (secondary N) is 1. The van der Waals surface area contributed by atoms with Gasteiger partial charge in [-0.05, 0) is 25.5 Å². The summed E-state index contributed by atoms with van der Waals surface area (Å²) < 4.78 is 13.0. The number of ether oxygens (including phenoxy) is 2. The van der Waals surface area contributed by atoms with Gasteiger partial charge in [0.05, 0.1) is 0 Å². The number of para-hydroxylation sites is 1. The highest BCUT2D eigenvalue weighted by Gasteiger charge is 2.22. The van der Waals surface area contributed by atoms with Crippen LogP contribution >= 0.6 is 0 Å². The summed E-state index contributed by atoms with van der Waals surface area (Å²) >= 11 is 0. The van der Waals surface area contributed by atoms with Crippen molar-refractivity contribution in [2.45, 2.75) is 33.2 Å². The molecule has 0 radical (unpaired) electrons. The second-order valence-electron chi connectivity index (χ2n) is 6.69. The van der Waals surface area contributed by atoms with E-state index in [1.807, 2.05) is 73.0 Å². The minimum absolute atomic E-state index is 0.312. The fourth-order valence-electron chi connectivity index (χ4n) is 3.58. The Labute approximate surface area is 171 Å². The van der Waals surface area contributed by atoms with Crippen LogP contribution in [0.25, 0.3) is 10.9 Å². The van der Waals surface area contributed by atoms with Crippen LogP contribution in [-0.2, 0) is 22.6 Å². The number of carbonyl (C=O) groups is 1. The fourth-order valence-corrected chi connectivity index (χ4v) is 3.58. The molecule has 6 nitrogen and oxygen atoms in total. The molecule has 29 heavy (non-hydrogen) atoms. The van der Waals surface area contributed by atoms with Crippen LogP contribution in [-0.4, -0.2) is 41.7 Å². The molecule has 2 N–H and O–H groups in total. The standard InChI is InChI=1S/C23H28N2O4/c1-3-28-21(29-4-2)15-24-14-19-18-12-8-9-13-20(18)25(22(19)23(26)27)16-17-10-6-5-7-11-17/h5-13,21,24H,3-4,14-16H2,1-2H3,(H,26,27). The SMILES string of the molecule is CCOC(CNCc1c(C(=O)O)n(Cc2ccccc2)c2ccccc12)OCC. The molecular formula is C23H28N2O4. The highest BCUT2D eigenvalue weighted by atomic mass is 16.7. The maximum Gasteiger partial charge on any atom is 0.352 e. The molecule has 0 saturated heterocycles. The summed E-state index contributed by atoms with van der Waals surface area (Å²) in [6.45, 7) is 6.37. The van der Waals surface area contributed by atoms with Crippen LogP contribution < -0.4 is 5.32 Å². The van der Waals surface area contributed by atoms with Crippen molar-refractivity contribution >= 4 is 16.9 Å². The van der Waals surface area contributed by atoms with Gasteiger partial charge in [-0.3, -0.25) is 0 Å². The number of carboxylic acids is 1. The first-order chi connectivity index (χ1) is 14.2. The number of hydrogen-bond acceptors (Lipinski definition) is 4. The second-order valence-corrected chi connectivity index (χ2v) is 6.69. The molecule has 3 aromatic rings. The molecule has 0 amide bonds. The van der Waals surface area contributed by atoms with Gasteiger partial charge in [-0.25, -0.2) is 4.79 Å². The average Bonchev–Trinajstić information content (AvgIpc) is 3.03. The highest BCUT2D eigenvalue weighted by Crippen LogP contribution is 2.27. The molecule has 0 unspecified atom stereocenters. The van der Waals surface area contributed by atoms with E-state index in [0.717, 1.165) is 22.0 Å². The van der Waals surface area contributed by atoms with E-state index in [4.69, 9.17) is 9.47 Å². The number of fused-ring (bicyclic) bond motifs is 1. The normalized spacial score (nSPS) is 11.4. The monoisotopic (exact) mass is 396 g/mol. The molecule has 0 spiro atoms. The molecule has 0 aliphatic carbocycles. The Kier molecular flexibility index (Phi) is 7.41. The lowest BCUT2D eigenvalue weighted by atomic mass is 10.1. The van der Waals surface area contributed by atoms with Gasteiger partial charge in [0.1, 0.15) is 5.69 Å². The van der Waals surface area contributed by atoms with Crippen LogP contribution in [0.2, 0.25) is 0 Å². The maximum absolute atomic E-state index is 12.2. The first-order valence-electron chi connectivity index (χ1n) is 9.96. The second kappa shape index (κ2) is 10.2. The van der Waals surface area contributed by atoms with Gasteiger partial charge in [0.2, 0.25) is 0 Å². The van der Waals surface area contributed by atoms with Gasteiger partial charge in [0, 0.05) is 49.3 Å². The van der Waals surface area contributed by atoms with Gasteiger partial charge in [-0.2, -0.15) is 0 Å². The molecule has 2 aromatic carbocycles. The summed E-state index contributed by atoms with van der Waals surface area (Å²) in [4.78, 5) is 12.2. The van der Waals surface area contributed by atoms with Crippen molar-refractivity contribution in [3.05, 3.63) is 71.4 Å². The van der Waals surface area contributed by atoms with E-state index in [1.165, 1.54) is 0 Å². The van der Waals surface area contributed by atoms with E-state index in [9.17, 15) is 9.90 Å². The molecular weight excluding hydrogens is 368 g/mol. The number of benzene rings is 2. The molecule has 0 fully saturated rings. The Bertz CT molecular complexity index is 931. The summed E-state index contributed by atoms with van der Waals surface area (Å²) in [6, 6.07) is 17.7. The molecule has 0 bridgehead atoms. The molecule has 6 heteroatoms. The number of aromatic nitrogens is 1. The van der Waals surface area contributed by atoms with Crippen molar-refractivity contribution in [3.63, 3.8) is 0 Å². The van der Waals surface area contributed by atoms with Crippen LogP contribution in [0, 0.1) is 0 Å². The topological polar surface area (TPSA) is 72.7 Å². The Morgan fingerprint density at radius 3 is 2.34 bits per heavy atom. The van der Waals surface area contributed by atoms with E-state index in [0.29, 0.717) is 38.5 Å². The van der Waals surface area contributed by atoms with Gasteiger partial charge < -0.3 is 24.5 Å². The van der Waals surface area contributed by atoms with Crippen LogP contribution in [0.3, 0.4) is 0 Å². The summed E-state index contributed by atoms with van der Waals surface area (Å²) in [5, 5.41) is 14.3. The minimum atomic E-state index is -0.930. The van der Waals surface area contributed by atoms with Gasteiger partial charge in [0.15, 0.2) is 6.29 Å². The Hall–Kier alpha value is -2.67. The highest BCUT2D eigenvalue weighted by molar-refractivity contribution is 5.98. The summed E-state index contributed by atoms with van der Waals surface area (Å²) in [6.07, 6.45) is -0.351. The smallest absolute Gasteiger partial charge is 0.352 e. The maximum atomic E-state index is 12.2. The number of rotatable bonds is 11. The van der Waals surface area contributed by atoms with Crippen molar-refractivity contribution in [3.8, 4) is 0 Å². The van der Waals surface area contributed by atoms with E-state index in [-0.39, 0.29) is 6.29 Å². The van der Waals surface area contributed by atoms with Crippen LogP contribution in [0.1, 0.15) is 35.5 Å². The molecule has 0 aliphatic heterocycles. The van der Waals surface area contributed by atoms with Crippen LogP contribution in [0.5, 0.6) is 0 Å². The quantitative estimate of drug-likeness (QED) is 0.481. The summed E-state index contributed by atoms with van der Waals surface area (Å²) in [5.74, 6) is -0.930. The zero-order valence-corrected chi connectivity index (χ0v) is 16.9. The fraction of sp³-hybridized carbons (Fsp3) is 0.348. The molecule has 1 aromatic heterocycles. The lowest BCUT2D eigenvalue weighted by Gasteiger charge is -2.17. The average molecular weight is 396 g/mol. The van der Waals surface area contributed by atoms with Crippen molar-refractivity contribution < 1.29 is 19.4 Å². The van der Waals surface area contributed by atoms with Gasteiger partial charge in [0.25, 0.3) is 0 Å². The molecule has 1 heterocycles. The van der Waals surface area contributed by atoms with Gasteiger partial charge in [-0.15, -0.1) is 0 Å². The van der Waals surface area contributed by atoms with Crippen molar-refractivity contribution in [2.75, 3.05) is 19.8 Å². The molecule has 154 valence electrons. The predicted octanol–water partition coefficient (Wildman–Crippen LogP) is 3.88. The lowest BCUT2D eigenvalue weighted by molar-refractivity contribution is -0.133. The largest absolute Gasteiger partial charge is 0.477 e. The number of hydrogen-bond donors (Lipinski definition) is 2. The molecule has 0 atom stereocenters. The van der Waals surface area contributed by atoms with E-state index in [2.05, 4.69) is 5.32 Å². The predicted molar refractivity (Wildman–Crippen MR) is 113 cm³/mol. The number of carboxylic acid groups (broad SMARTS) is 1. The number of nitrogens with zero attached hydrogens (tertiary/aromatic N) is 1. The van der Waals surface area contributed by atoms with Crippen molar-refractivity contribution in [1.82, 2.24) is 9.88 Å². The number of aromatic carboxylic acids is 1. The first kappa shape index (κ1) is 21.0. The third kappa shape index (κ3) is 5.03. The zero-order chi connectivity index (χ0) is 20.6. The Balaban J connectivity index is 1.92. The first-order valence-corrected chi connectivity index (χ1v) is 9.96. The van der Waals surface area contributed by atoms with Gasteiger partial charge in [-0.1, -0.05) is 48.5 Å². The van der Waals surface area contributed by atoms with E-state index >= 15 is 0 Å². The third-order valence-electron chi connectivity index (χ3n) is 4.78.